The molecule has 0 bridgehead atoms. The summed E-state index contributed by atoms with van der Waals surface area (Å²) in [5.74, 6) is 0. The van der Waals surface area contributed by atoms with Gasteiger partial charge in [-0.15, -0.1) is 0 Å². The minimum atomic E-state index is 0.525. The zero-order chi connectivity index (χ0) is 7.82. The number of ether oxygens (including phenoxy) is 1. The summed E-state index contributed by atoms with van der Waals surface area (Å²) in [5.41, 5.74) is 0. The SMILES string of the molecule is CCCOCCC(S)CC. The molecule has 1 atom stereocenters. The summed E-state index contributed by atoms with van der Waals surface area (Å²) >= 11 is 4.35. The van der Waals surface area contributed by atoms with Crippen molar-refractivity contribution in [2.75, 3.05) is 13.2 Å². The number of hydrogen-bond acceptors (Lipinski definition) is 2. The Labute approximate surface area is 69.6 Å². The van der Waals surface area contributed by atoms with E-state index in [2.05, 4.69) is 26.5 Å². The van der Waals surface area contributed by atoms with Crippen molar-refractivity contribution < 1.29 is 4.74 Å². The molecule has 62 valence electrons. The molecule has 0 spiro atoms. The van der Waals surface area contributed by atoms with Crippen molar-refractivity contribution in [1.29, 1.82) is 0 Å². The first kappa shape index (κ1) is 10.3. The van der Waals surface area contributed by atoms with Gasteiger partial charge in [-0.25, -0.2) is 0 Å². The van der Waals surface area contributed by atoms with Crippen molar-refractivity contribution >= 4 is 12.6 Å². The summed E-state index contributed by atoms with van der Waals surface area (Å²) in [6.07, 6.45) is 3.33. The first-order valence-corrected chi connectivity index (χ1v) is 4.58. The number of rotatable bonds is 6. The van der Waals surface area contributed by atoms with Gasteiger partial charge in [-0.2, -0.15) is 12.6 Å². The first-order valence-electron chi connectivity index (χ1n) is 4.07. The lowest BCUT2D eigenvalue weighted by atomic mass is 10.2. The van der Waals surface area contributed by atoms with Crippen molar-refractivity contribution in [2.45, 2.75) is 38.4 Å². The molecule has 1 nitrogen and oxygen atoms in total. The zero-order valence-corrected chi connectivity index (χ0v) is 7.86. The third-order valence-corrected chi connectivity index (χ3v) is 2.04. The van der Waals surface area contributed by atoms with E-state index in [1.165, 1.54) is 0 Å². The van der Waals surface area contributed by atoms with Crippen LogP contribution >= 0.6 is 12.6 Å². The Morgan fingerprint density at radius 2 is 2.00 bits per heavy atom. The third kappa shape index (κ3) is 6.43. The fourth-order valence-electron chi connectivity index (χ4n) is 0.670. The quantitative estimate of drug-likeness (QED) is 0.466. The maximum absolute atomic E-state index is 5.31. The van der Waals surface area contributed by atoms with E-state index >= 15 is 0 Å². The van der Waals surface area contributed by atoms with Gasteiger partial charge in [0.1, 0.15) is 0 Å². The van der Waals surface area contributed by atoms with Crippen LogP contribution in [0, 0.1) is 0 Å². The molecule has 10 heavy (non-hydrogen) atoms. The van der Waals surface area contributed by atoms with Crippen LogP contribution in [-0.2, 0) is 4.74 Å². The molecule has 0 aromatic rings. The maximum atomic E-state index is 5.31. The van der Waals surface area contributed by atoms with E-state index in [4.69, 9.17) is 4.74 Å². The molecule has 0 aromatic heterocycles. The predicted octanol–water partition coefficient (Wildman–Crippen LogP) is 2.51. The van der Waals surface area contributed by atoms with E-state index in [1.807, 2.05) is 0 Å². The van der Waals surface area contributed by atoms with Crippen LogP contribution in [0.5, 0.6) is 0 Å². The molecule has 0 aliphatic heterocycles. The lowest BCUT2D eigenvalue weighted by Gasteiger charge is -2.06. The number of thiol groups is 1. The van der Waals surface area contributed by atoms with Gasteiger partial charge in [0, 0.05) is 18.5 Å². The molecule has 1 unspecified atom stereocenters. The summed E-state index contributed by atoms with van der Waals surface area (Å²) in [4.78, 5) is 0. The van der Waals surface area contributed by atoms with E-state index < -0.39 is 0 Å². The normalized spacial score (nSPS) is 13.5. The summed E-state index contributed by atoms with van der Waals surface area (Å²) in [7, 11) is 0. The molecule has 0 heterocycles. The molecule has 0 rings (SSSR count). The summed E-state index contributed by atoms with van der Waals surface area (Å²) in [6, 6.07) is 0. The second-order valence-corrected chi connectivity index (χ2v) is 3.19. The molecule has 2 heteroatoms. The van der Waals surface area contributed by atoms with Gasteiger partial charge in [0.2, 0.25) is 0 Å². The monoisotopic (exact) mass is 162 g/mol. The lowest BCUT2D eigenvalue weighted by molar-refractivity contribution is 0.132. The van der Waals surface area contributed by atoms with Crippen molar-refractivity contribution in [2.24, 2.45) is 0 Å². The van der Waals surface area contributed by atoms with Crippen LogP contribution in [0.1, 0.15) is 33.1 Å². The standard InChI is InChI=1S/C8H18OS/c1-3-6-9-7-5-8(10)4-2/h8,10H,3-7H2,1-2H3. The van der Waals surface area contributed by atoms with Gasteiger partial charge < -0.3 is 4.74 Å². The van der Waals surface area contributed by atoms with Gasteiger partial charge >= 0.3 is 0 Å². The molecule has 0 saturated heterocycles. The van der Waals surface area contributed by atoms with Crippen LogP contribution in [-0.4, -0.2) is 18.5 Å². The van der Waals surface area contributed by atoms with Gasteiger partial charge in [0.05, 0.1) is 0 Å². The van der Waals surface area contributed by atoms with Gasteiger partial charge in [-0.1, -0.05) is 13.8 Å². The molecule has 0 saturated carbocycles. The highest BCUT2D eigenvalue weighted by molar-refractivity contribution is 7.80. The minimum Gasteiger partial charge on any atom is -0.381 e. The first-order chi connectivity index (χ1) is 4.81. The van der Waals surface area contributed by atoms with Crippen LogP contribution in [0.2, 0.25) is 0 Å². The van der Waals surface area contributed by atoms with Gasteiger partial charge in [0.25, 0.3) is 0 Å². The van der Waals surface area contributed by atoms with Gasteiger partial charge in [-0.3, -0.25) is 0 Å². The zero-order valence-electron chi connectivity index (χ0n) is 6.97. The maximum Gasteiger partial charge on any atom is 0.0476 e. The van der Waals surface area contributed by atoms with E-state index in [1.54, 1.807) is 0 Å². The minimum absolute atomic E-state index is 0.525. The van der Waals surface area contributed by atoms with Crippen LogP contribution in [0.25, 0.3) is 0 Å². The predicted molar refractivity (Wildman–Crippen MR) is 48.8 cm³/mol. The Hall–Kier alpha value is 0.310. The molecule has 0 aliphatic carbocycles. The van der Waals surface area contributed by atoms with Crippen LogP contribution < -0.4 is 0 Å². The molecule has 0 radical (unpaired) electrons. The smallest absolute Gasteiger partial charge is 0.0476 e. The molecular formula is C8H18OS. The summed E-state index contributed by atoms with van der Waals surface area (Å²) in [6.45, 7) is 6.04. The van der Waals surface area contributed by atoms with E-state index in [0.29, 0.717) is 5.25 Å². The highest BCUT2D eigenvalue weighted by Crippen LogP contribution is 2.05. The Kier molecular flexibility index (Phi) is 7.65. The second-order valence-electron chi connectivity index (χ2n) is 2.46. The van der Waals surface area contributed by atoms with Crippen molar-refractivity contribution in [3.05, 3.63) is 0 Å². The molecule has 0 amide bonds. The molecular weight excluding hydrogens is 144 g/mol. The van der Waals surface area contributed by atoms with Gasteiger partial charge in [-0.05, 0) is 19.3 Å². The van der Waals surface area contributed by atoms with Gasteiger partial charge in [0.15, 0.2) is 0 Å². The van der Waals surface area contributed by atoms with E-state index in [-0.39, 0.29) is 0 Å². The largest absolute Gasteiger partial charge is 0.381 e. The molecule has 0 aromatic carbocycles. The third-order valence-electron chi connectivity index (χ3n) is 1.42. The molecule has 0 fully saturated rings. The highest BCUT2D eigenvalue weighted by Gasteiger charge is 1.97. The van der Waals surface area contributed by atoms with Crippen LogP contribution in [0.4, 0.5) is 0 Å². The topological polar surface area (TPSA) is 9.23 Å². The van der Waals surface area contributed by atoms with Crippen LogP contribution in [0.15, 0.2) is 0 Å². The van der Waals surface area contributed by atoms with Crippen molar-refractivity contribution in [1.82, 2.24) is 0 Å². The molecule has 0 aliphatic rings. The Morgan fingerprint density at radius 1 is 1.30 bits per heavy atom. The van der Waals surface area contributed by atoms with E-state index in [0.717, 1.165) is 32.5 Å². The average molecular weight is 162 g/mol. The summed E-state index contributed by atoms with van der Waals surface area (Å²) < 4.78 is 5.31. The molecule has 0 N–H and O–H groups in total. The van der Waals surface area contributed by atoms with Crippen LogP contribution in [0.3, 0.4) is 0 Å². The second kappa shape index (κ2) is 7.42. The fraction of sp³-hybridized carbons (Fsp3) is 1.00. The lowest BCUT2D eigenvalue weighted by Crippen LogP contribution is -2.03. The fourth-order valence-corrected chi connectivity index (χ4v) is 0.775. The number of hydrogen-bond donors (Lipinski definition) is 1. The van der Waals surface area contributed by atoms with Crippen molar-refractivity contribution in [3.63, 3.8) is 0 Å². The summed E-state index contributed by atoms with van der Waals surface area (Å²) in [5, 5.41) is 0.525. The highest BCUT2D eigenvalue weighted by atomic mass is 32.1. The Bertz CT molecular complexity index is 66.3. The van der Waals surface area contributed by atoms with E-state index in [9.17, 15) is 0 Å². The average Bonchev–Trinajstić information content (AvgIpc) is 1.98. The Balaban J connectivity index is 2.89. The Morgan fingerprint density at radius 3 is 2.50 bits per heavy atom. The van der Waals surface area contributed by atoms with Crippen molar-refractivity contribution in [3.8, 4) is 0 Å².